The Labute approximate surface area is 63.1 Å². The summed E-state index contributed by atoms with van der Waals surface area (Å²) >= 11 is 2.35. The van der Waals surface area contributed by atoms with Crippen LogP contribution in [0.5, 0.6) is 0 Å². The smallest absolute Gasteiger partial charge is 0.0247 e. The van der Waals surface area contributed by atoms with E-state index in [1.54, 1.807) is 0 Å². The summed E-state index contributed by atoms with van der Waals surface area (Å²) in [6.07, 6.45) is 0. The van der Waals surface area contributed by atoms with Crippen molar-refractivity contribution in [2.24, 2.45) is 0 Å². The van der Waals surface area contributed by atoms with Crippen molar-refractivity contribution in [3.8, 4) is 0 Å². The molecule has 0 N–H and O–H groups in total. The molecule has 0 radical (unpaired) electrons. The Hall–Kier alpha value is -0.0500. The van der Waals surface area contributed by atoms with E-state index in [-0.39, 0.29) is 0 Å². The van der Waals surface area contributed by atoms with Crippen LogP contribution in [-0.4, -0.2) is 0 Å². The van der Waals surface area contributed by atoms with Gasteiger partial charge in [0.25, 0.3) is 0 Å². The van der Waals surface area contributed by atoms with E-state index in [9.17, 15) is 0 Å². The lowest BCUT2D eigenvalue weighted by Crippen LogP contribution is -1.70. The second-order valence-electron chi connectivity index (χ2n) is 1.62. The zero-order chi connectivity index (χ0) is 5.82. The minimum atomic E-state index is 1.11. The zero-order valence-electron chi connectivity index (χ0n) is 4.47. The molecule has 0 fully saturated rings. The van der Waals surface area contributed by atoms with Crippen molar-refractivity contribution in [2.75, 3.05) is 0 Å². The molecule has 1 aromatic rings. The lowest BCUT2D eigenvalue weighted by atomic mass is 9.81. The average molecular weight is 217 g/mol. The fraction of sp³-hybridized carbons (Fsp3) is 0.143. The third-order valence-corrected chi connectivity index (χ3v) is 1.88. The summed E-state index contributed by atoms with van der Waals surface area (Å²) in [6, 6.07) is 10.4. The van der Waals surface area contributed by atoms with E-state index in [2.05, 4.69) is 46.9 Å². The van der Waals surface area contributed by atoms with Gasteiger partial charge in [0.1, 0.15) is 0 Å². The van der Waals surface area contributed by atoms with E-state index in [0.717, 1.165) is 4.43 Å². The van der Waals surface area contributed by atoms with Gasteiger partial charge in [0.15, 0.2) is 0 Å². The molecular weight excluding hydrogens is 210 g/mol. The van der Waals surface area contributed by atoms with E-state index >= 15 is 0 Å². The fourth-order valence-electron chi connectivity index (χ4n) is 0.567. The SMILES string of the molecule is IC[11c]1ccccc1. The molecule has 0 saturated carbocycles. The Kier molecular flexibility index (Phi) is 2.33. The maximum Gasteiger partial charge on any atom is 0.0247 e. The van der Waals surface area contributed by atoms with Crippen molar-refractivity contribution >= 4 is 22.6 Å². The van der Waals surface area contributed by atoms with Crippen LogP contribution >= 0.6 is 22.6 Å². The molecule has 0 amide bonds. The molecule has 0 saturated heterocycles. The minimum absolute atomic E-state index is 1.11. The molecular formula is C7H7I. The van der Waals surface area contributed by atoms with Gasteiger partial charge in [-0.2, -0.15) is 0 Å². The Morgan fingerprint density at radius 1 is 1.12 bits per heavy atom. The molecule has 1 aromatic carbocycles. The largest absolute Gasteiger partial charge is 0.0812 e. The molecule has 0 atom stereocenters. The Morgan fingerprint density at radius 2 is 1.75 bits per heavy atom. The van der Waals surface area contributed by atoms with E-state index < -0.39 is 0 Å². The van der Waals surface area contributed by atoms with Crippen LogP contribution in [-0.2, 0) is 4.43 Å². The van der Waals surface area contributed by atoms with Gasteiger partial charge in [-0.1, -0.05) is 52.9 Å². The standard InChI is InChI=1S/C7H7I/c8-6-7-4-2-1-3-5-7/h1-5H,6H2/i7-1. The number of hydrogen-bond acceptors (Lipinski definition) is 0. The van der Waals surface area contributed by atoms with Crippen LogP contribution in [0.1, 0.15) is 5.56 Å². The second kappa shape index (κ2) is 3.07. The average Bonchev–Trinajstić information content (AvgIpc) is 1.90. The Morgan fingerprint density at radius 3 is 2.12 bits per heavy atom. The highest BCUT2D eigenvalue weighted by molar-refractivity contribution is 14.1. The van der Waals surface area contributed by atoms with Gasteiger partial charge < -0.3 is 0 Å². The summed E-state index contributed by atoms with van der Waals surface area (Å²) in [7, 11) is 0. The van der Waals surface area contributed by atoms with Crippen molar-refractivity contribution in [3.05, 3.63) is 35.9 Å². The molecule has 1 rings (SSSR count). The maximum atomic E-state index is 2.35. The quantitative estimate of drug-likeness (QED) is 0.501. The van der Waals surface area contributed by atoms with Gasteiger partial charge in [-0.15, -0.1) is 0 Å². The monoisotopic (exact) mass is 217 g/mol. The predicted molar refractivity (Wildman–Crippen MR) is 44.2 cm³/mol. The molecule has 8 heavy (non-hydrogen) atoms. The zero-order valence-corrected chi connectivity index (χ0v) is 6.63. The molecule has 0 aromatic heterocycles. The van der Waals surface area contributed by atoms with Crippen LogP contribution in [0.15, 0.2) is 30.3 Å². The highest BCUT2D eigenvalue weighted by atomic mass is 127. The number of hydrogen-bond donors (Lipinski definition) is 0. The van der Waals surface area contributed by atoms with Crippen molar-refractivity contribution < 1.29 is 0 Å². The van der Waals surface area contributed by atoms with Gasteiger partial charge in [-0.25, -0.2) is 0 Å². The molecule has 0 spiro atoms. The highest BCUT2D eigenvalue weighted by Crippen LogP contribution is 2.02. The van der Waals surface area contributed by atoms with Crippen LogP contribution in [0.4, 0.5) is 0 Å². The first-order valence-corrected chi connectivity index (χ1v) is 4.06. The third kappa shape index (κ3) is 1.47. The van der Waals surface area contributed by atoms with Gasteiger partial charge in [0, 0.05) is 4.43 Å². The summed E-state index contributed by atoms with van der Waals surface area (Å²) in [5.74, 6) is 0. The summed E-state index contributed by atoms with van der Waals surface area (Å²) < 4.78 is 1.11. The van der Waals surface area contributed by atoms with Crippen molar-refractivity contribution in [1.29, 1.82) is 0 Å². The Bertz CT molecular complexity index is 146. The van der Waals surface area contributed by atoms with Gasteiger partial charge in [-0.3, -0.25) is 0 Å². The molecule has 0 heterocycles. The molecule has 0 nitrogen and oxygen atoms in total. The summed E-state index contributed by atoms with van der Waals surface area (Å²) in [5.41, 5.74) is 1.40. The number of halogens is 1. The summed E-state index contributed by atoms with van der Waals surface area (Å²) in [6.45, 7) is 0. The van der Waals surface area contributed by atoms with Crippen LogP contribution in [0.3, 0.4) is 0 Å². The van der Waals surface area contributed by atoms with Gasteiger partial charge in [0.2, 0.25) is 0 Å². The topological polar surface area (TPSA) is 0 Å². The number of alkyl halides is 1. The molecule has 42 valence electrons. The van der Waals surface area contributed by atoms with Gasteiger partial charge >= 0.3 is 0 Å². The van der Waals surface area contributed by atoms with E-state index in [4.69, 9.17) is 0 Å². The van der Waals surface area contributed by atoms with E-state index in [0.29, 0.717) is 0 Å². The lowest BCUT2D eigenvalue weighted by molar-refractivity contribution is 1.46. The molecule has 0 aliphatic carbocycles. The lowest BCUT2D eigenvalue weighted by Gasteiger charge is -1.88. The van der Waals surface area contributed by atoms with Crippen LogP contribution in [0.25, 0.3) is 0 Å². The highest BCUT2D eigenvalue weighted by Gasteiger charge is 1.81. The summed E-state index contributed by atoms with van der Waals surface area (Å²) in [5, 5.41) is 0. The molecule has 0 aliphatic rings. The first-order chi connectivity index (χ1) is 3.93. The van der Waals surface area contributed by atoms with Crippen molar-refractivity contribution in [3.63, 3.8) is 0 Å². The number of rotatable bonds is 1. The molecule has 0 bridgehead atoms. The molecule has 0 aliphatic heterocycles. The van der Waals surface area contributed by atoms with Gasteiger partial charge in [0.05, 0.1) is 0 Å². The first kappa shape index (κ1) is 6.08. The predicted octanol–water partition coefficient (Wildman–Crippen LogP) is 2.62. The molecule has 1 heteroatoms. The first-order valence-electron chi connectivity index (χ1n) is 2.53. The summed E-state index contributed by atoms with van der Waals surface area (Å²) in [4.78, 5) is 0. The van der Waals surface area contributed by atoms with Crippen LogP contribution in [0.2, 0.25) is 0 Å². The fourth-order valence-corrected chi connectivity index (χ4v) is 1.08. The molecule has 0 unspecified atom stereocenters. The Balaban J connectivity index is 2.83. The van der Waals surface area contributed by atoms with Gasteiger partial charge in [-0.05, 0) is 5.56 Å². The minimum Gasteiger partial charge on any atom is -0.0812 e. The van der Waals surface area contributed by atoms with E-state index in [1.807, 2.05) is 6.07 Å². The van der Waals surface area contributed by atoms with Crippen molar-refractivity contribution in [2.45, 2.75) is 4.43 Å². The normalized spacial score (nSPS) is 9.12. The van der Waals surface area contributed by atoms with Crippen LogP contribution < -0.4 is 0 Å². The number of benzene rings is 1. The second-order valence-corrected chi connectivity index (χ2v) is 2.38. The third-order valence-electron chi connectivity index (χ3n) is 0.997. The maximum absolute atomic E-state index is 2.35. The van der Waals surface area contributed by atoms with E-state index in [1.165, 1.54) is 5.56 Å². The van der Waals surface area contributed by atoms with Crippen molar-refractivity contribution in [1.82, 2.24) is 0 Å². The van der Waals surface area contributed by atoms with Crippen LogP contribution in [0, 0.1) is 0 Å².